The van der Waals surface area contributed by atoms with E-state index in [1.165, 1.54) is 18.4 Å². The first-order chi connectivity index (χ1) is 8.22. The highest BCUT2D eigenvalue weighted by atomic mass is 32.2. The SMILES string of the molecule is CN(c1cnc(C(N)=NO)cn1)C1CCSC1. The maximum absolute atomic E-state index is 8.52. The number of hydrogen-bond donors (Lipinski definition) is 2. The molecule has 1 unspecified atom stereocenters. The first-order valence-electron chi connectivity index (χ1n) is 5.33. The standard InChI is InChI=1S/C10H15N5OS/c1-15(7-2-3-17-6-7)9-5-12-8(4-13-9)10(11)14-16/h4-5,7,16H,2-3,6H2,1H3,(H2,11,14). The summed E-state index contributed by atoms with van der Waals surface area (Å²) in [6.45, 7) is 0. The van der Waals surface area contributed by atoms with Crippen molar-refractivity contribution in [3.05, 3.63) is 18.1 Å². The van der Waals surface area contributed by atoms with Crippen LogP contribution in [0, 0.1) is 0 Å². The third-order valence-electron chi connectivity index (χ3n) is 2.82. The molecule has 0 spiro atoms. The smallest absolute Gasteiger partial charge is 0.190 e. The van der Waals surface area contributed by atoms with Gasteiger partial charge in [0.15, 0.2) is 5.84 Å². The Hall–Kier alpha value is -1.50. The van der Waals surface area contributed by atoms with Gasteiger partial charge in [-0.1, -0.05) is 5.16 Å². The highest BCUT2D eigenvalue weighted by Gasteiger charge is 2.21. The second-order valence-corrected chi connectivity index (χ2v) is 5.02. The average Bonchev–Trinajstić information content (AvgIpc) is 2.91. The van der Waals surface area contributed by atoms with Crippen molar-refractivity contribution in [3.63, 3.8) is 0 Å². The van der Waals surface area contributed by atoms with E-state index in [9.17, 15) is 0 Å². The number of hydrogen-bond acceptors (Lipinski definition) is 6. The van der Waals surface area contributed by atoms with E-state index in [2.05, 4.69) is 20.0 Å². The second-order valence-electron chi connectivity index (χ2n) is 3.87. The molecule has 17 heavy (non-hydrogen) atoms. The fourth-order valence-corrected chi connectivity index (χ4v) is 2.97. The summed E-state index contributed by atoms with van der Waals surface area (Å²) in [5.41, 5.74) is 5.80. The molecule has 6 nitrogen and oxygen atoms in total. The first-order valence-corrected chi connectivity index (χ1v) is 6.48. The van der Waals surface area contributed by atoms with Crippen LogP contribution in [0.25, 0.3) is 0 Å². The van der Waals surface area contributed by atoms with Gasteiger partial charge in [0.05, 0.1) is 12.4 Å². The van der Waals surface area contributed by atoms with Crippen molar-refractivity contribution in [1.29, 1.82) is 0 Å². The summed E-state index contributed by atoms with van der Waals surface area (Å²) in [7, 11) is 2.02. The molecule has 0 amide bonds. The minimum absolute atomic E-state index is 0.0249. The van der Waals surface area contributed by atoms with E-state index in [0.717, 1.165) is 11.6 Å². The van der Waals surface area contributed by atoms with Crippen molar-refractivity contribution < 1.29 is 5.21 Å². The van der Waals surface area contributed by atoms with Crippen LogP contribution in [0.4, 0.5) is 5.82 Å². The summed E-state index contributed by atoms with van der Waals surface area (Å²) in [5, 5.41) is 11.4. The first kappa shape index (κ1) is 12.0. The van der Waals surface area contributed by atoms with Crippen LogP contribution in [0.15, 0.2) is 17.5 Å². The molecule has 0 bridgehead atoms. The van der Waals surface area contributed by atoms with Crippen LogP contribution in [-0.2, 0) is 0 Å². The van der Waals surface area contributed by atoms with Gasteiger partial charge < -0.3 is 15.8 Å². The lowest BCUT2D eigenvalue weighted by Crippen LogP contribution is -2.32. The Bertz CT molecular complexity index is 402. The van der Waals surface area contributed by atoms with E-state index in [-0.39, 0.29) is 5.84 Å². The van der Waals surface area contributed by atoms with Crippen LogP contribution in [0.2, 0.25) is 0 Å². The fourth-order valence-electron chi connectivity index (χ4n) is 1.70. The molecule has 0 aromatic carbocycles. The number of oxime groups is 1. The summed E-state index contributed by atoms with van der Waals surface area (Å²) in [4.78, 5) is 10.5. The number of amidine groups is 1. The second kappa shape index (κ2) is 5.22. The molecule has 1 aliphatic rings. The van der Waals surface area contributed by atoms with Crippen molar-refractivity contribution in [3.8, 4) is 0 Å². The predicted octanol–water partition coefficient (Wildman–Crippen LogP) is 0.513. The predicted molar refractivity (Wildman–Crippen MR) is 68.7 cm³/mol. The largest absolute Gasteiger partial charge is 0.409 e. The molecule has 92 valence electrons. The average molecular weight is 253 g/mol. The molecule has 2 heterocycles. The number of thioether (sulfide) groups is 1. The Morgan fingerprint density at radius 3 is 2.94 bits per heavy atom. The van der Waals surface area contributed by atoms with Gasteiger partial charge in [0.2, 0.25) is 0 Å². The van der Waals surface area contributed by atoms with Crippen LogP contribution in [-0.4, -0.2) is 45.6 Å². The Balaban J connectivity index is 2.11. The van der Waals surface area contributed by atoms with Gasteiger partial charge >= 0.3 is 0 Å². The minimum Gasteiger partial charge on any atom is -0.409 e. The molecular formula is C10H15N5OS. The quantitative estimate of drug-likeness (QED) is 0.353. The molecule has 3 N–H and O–H groups in total. The van der Waals surface area contributed by atoms with Crippen molar-refractivity contribution in [1.82, 2.24) is 9.97 Å². The van der Waals surface area contributed by atoms with E-state index in [1.807, 2.05) is 18.8 Å². The summed E-state index contributed by atoms with van der Waals surface area (Å²) in [5.74, 6) is 3.11. The van der Waals surface area contributed by atoms with Gasteiger partial charge in [-0.2, -0.15) is 11.8 Å². The summed E-state index contributed by atoms with van der Waals surface area (Å²) in [6, 6.07) is 0.518. The number of nitrogens with zero attached hydrogens (tertiary/aromatic N) is 4. The molecule has 1 aromatic heterocycles. The molecule has 1 saturated heterocycles. The molecule has 7 heteroatoms. The van der Waals surface area contributed by atoms with Crippen molar-refractivity contribution >= 4 is 23.4 Å². The normalized spacial score (nSPS) is 20.5. The van der Waals surface area contributed by atoms with E-state index >= 15 is 0 Å². The van der Waals surface area contributed by atoms with E-state index in [4.69, 9.17) is 10.9 Å². The molecule has 1 fully saturated rings. The van der Waals surface area contributed by atoms with Crippen molar-refractivity contribution in [2.75, 3.05) is 23.5 Å². The molecule has 1 aromatic rings. The Morgan fingerprint density at radius 2 is 2.41 bits per heavy atom. The summed E-state index contributed by atoms with van der Waals surface area (Å²) >= 11 is 1.95. The van der Waals surface area contributed by atoms with Gasteiger partial charge in [-0.25, -0.2) is 9.97 Å². The highest BCUT2D eigenvalue weighted by molar-refractivity contribution is 7.99. The summed E-state index contributed by atoms with van der Waals surface area (Å²) < 4.78 is 0. The molecule has 2 rings (SSSR count). The van der Waals surface area contributed by atoms with Gasteiger partial charge in [-0.3, -0.25) is 0 Å². The van der Waals surface area contributed by atoms with Gasteiger partial charge in [0.1, 0.15) is 11.5 Å². The maximum Gasteiger partial charge on any atom is 0.190 e. The number of anilines is 1. The molecular weight excluding hydrogens is 238 g/mol. The molecule has 1 atom stereocenters. The maximum atomic E-state index is 8.52. The molecule has 0 aliphatic carbocycles. The van der Waals surface area contributed by atoms with Gasteiger partial charge in [0.25, 0.3) is 0 Å². The zero-order valence-electron chi connectivity index (χ0n) is 9.58. The van der Waals surface area contributed by atoms with Crippen LogP contribution in [0.3, 0.4) is 0 Å². The van der Waals surface area contributed by atoms with Crippen molar-refractivity contribution in [2.45, 2.75) is 12.5 Å². The zero-order chi connectivity index (χ0) is 12.3. The monoisotopic (exact) mass is 253 g/mol. The van der Waals surface area contributed by atoms with Crippen molar-refractivity contribution in [2.24, 2.45) is 10.9 Å². The van der Waals surface area contributed by atoms with Gasteiger partial charge in [-0.05, 0) is 12.2 Å². The lowest BCUT2D eigenvalue weighted by molar-refractivity contribution is 0.318. The lowest BCUT2D eigenvalue weighted by atomic mass is 10.2. The number of aromatic nitrogens is 2. The van der Waals surface area contributed by atoms with E-state index in [1.54, 1.807) is 6.20 Å². The fraction of sp³-hybridized carbons (Fsp3) is 0.500. The van der Waals surface area contributed by atoms with Crippen LogP contribution < -0.4 is 10.6 Å². The van der Waals surface area contributed by atoms with E-state index < -0.39 is 0 Å². The van der Waals surface area contributed by atoms with E-state index in [0.29, 0.717) is 11.7 Å². The molecule has 1 aliphatic heterocycles. The Morgan fingerprint density at radius 1 is 1.59 bits per heavy atom. The third kappa shape index (κ3) is 2.60. The van der Waals surface area contributed by atoms with Crippen LogP contribution >= 0.6 is 11.8 Å². The zero-order valence-corrected chi connectivity index (χ0v) is 10.4. The topological polar surface area (TPSA) is 87.6 Å². The minimum atomic E-state index is -0.0249. The highest BCUT2D eigenvalue weighted by Crippen LogP contribution is 2.24. The third-order valence-corrected chi connectivity index (χ3v) is 3.97. The molecule has 0 saturated carbocycles. The van der Waals surface area contributed by atoms with Crippen LogP contribution in [0.1, 0.15) is 12.1 Å². The Labute approximate surface area is 104 Å². The summed E-state index contributed by atoms with van der Waals surface area (Å²) in [6.07, 6.45) is 4.34. The molecule has 0 radical (unpaired) electrons. The van der Waals surface area contributed by atoms with Gasteiger partial charge in [-0.15, -0.1) is 0 Å². The Kier molecular flexibility index (Phi) is 3.68. The van der Waals surface area contributed by atoms with Crippen LogP contribution in [0.5, 0.6) is 0 Å². The number of rotatable bonds is 3. The lowest BCUT2D eigenvalue weighted by Gasteiger charge is -2.24. The number of nitrogens with two attached hydrogens (primary N) is 1. The van der Waals surface area contributed by atoms with Gasteiger partial charge in [0, 0.05) is 18.8 Å².